The molecule has 1 atom stereocenters. The Hall–Kier alpha value is -1.39. The van der Waals surface area contributed by atoms with E-state index in [-0.39, 0.29) is 11.0 Å². The van der Waals surface area contributed by atoms with Crippen LogP contribution in [0.4, 0.5) is 0 Å². The molecule has 0 saturated carbocycles. The van der Waals surface area contributed by atoms with Gasteiger partial charge in [0, 0.05) is 4.90 Å². The molecule has 5 heteroatoms. The van der Waals surface area contributed by atoms with E-state index in [1.807, 2.05) is 31.2 Å². The maximum atomic E-state index is 10.7. The van der Waals surface area contributed by atoms with Crippen molar-refractivity contribution in [1.82, 2.24) is 0 Å². The summed E-state index contributed by atoms with van der Waals surface area (Å²) in [5.74, 6) is -0.481. The highest BCUT2D eigenvalue weighted by atomic mass is 35.5. The third-order valence-corrected chi connectivity index (χ3v) is 4.02. The van der Waals surface area contributed by atoms with Gasteiger partial charge in [-0.1, -0.05) is 23.7 Å². The first-order valence-corrected chi connectivity index (χ1v) is 6.58. The van der Waals surface area contributed by atoms with Gasteiger partial charge in [-0.05, 0) is 31.2 Å². The number of carboxylic acids is 1. The first kappa shape index (κ1) is 13.1. The van der Waals surface area contributed by atoms with Crippen molar-refractivity contribution in [2.75, 3.05) is 0 Å². The minimum Gasteiger partial charge on any atom is -0.475 e. The second-order valence-corrected chi connectivity index (χ2v) is 5.49. The summed E-state index contributed by atoms with van der Waals surface area (Å²) >= 11 is 7.60. The van der Waals surface area contributed by atoms with Crippen LogP contribution in [0.1, 0.15) is 28.5 Å². The van der Waals surface area contributed by atoms with E-state index in [0.29, 0.717) is 10.8 Å². The van der Waals surface area contributed by atoms with Crippen molar-refractivity contribution in [1.29, 1.82) is 0 Å². The molecule has 0 bridgehead atoms. The Morgan fingerprint density at radius 2 is 2.06 bits per heavy atom. The van der Waals surface area contributed by atoms with Gasteiger partial charge in [-0.25, -0.2) is 4.79 Å². The largest absolute Gasteiger partial charge is 0.475 e. The van der Waals surface area contributed by atoms with Crippen molar-refractivity contribution in [3.63, 3.8) is 0 Å². The molecule has 1 heterocycles. The molecule has 0 saturated heterocycles. The summed E-state index contributed by atoms with van der Waals surface area (Å²) in [6, 6.07) is 10.7. The zero-order chi connectivity index (χ0) is 13.1. The molecule has 1 N–H and O–H groups in total. The van der Waals surface area contributed by atoms with Gasteiger partial charge in [0.25, 0.3) is 0 Å². The lowest BCUT2D eigenvalue weighted by Crippen LogP contribution is -1.92. The molecule has 0 aliphatic carbocycles. The summed E-state index contributed by atoms with van der Waals surface area (Å²) in [4.78, 5) is 11.7. The molecule has 1 aromatic carbocycles. The fourth-order valence-corrected chi connectivity index (χ4v) is 2.71. The lowest BCUT2D eigenvalue weighted by atomic mass is 10.3. The average Bonchev–Trinajstić information content (AvgIpc) is 2.81. The fraction of sp³-hybridized carbons (Fsp3) is 0.154. The van der Waals surface area contributed by atoms with Crippen LogP contribution in [0.25, 0.3) is 0 Å². The molecule has 2 aromatic rings. The highest BCUT2D eigenvalue weighted by Gasteiger charge is 2.16. The Balaban J connectivity index is 2.14. The summed E-state index contributed by atoms with van der Waals surface area (Å²) in [5, 5.41) is 9.47. The van der Waals surface area contributed by atoms with Crippen molar-refractivity contribution in [3.05, 3.63) is 52.9 Å². The third-order valence-electron chi connectivity index (χ3n) is 2.38. The van der Waals surface area contributed by atoms with Crippen molar-refractivity contribution in [3.8, 4) is 0 Å². The first-order valence-electron chi connectivity index (χ1n) is 5.32. The number of hydrogen-bond acceptors (Lipinski definition) is 3. The Kier molecular flexibility index (Phi) is 3.99. The van der Waals surface area contributed by atoms with Crippen molar-refractivity contribution < 1.29 is 14.3 Å². The highest BCUT2D eigenvalue weighted by molar-refractivity contribution is 7.99. The first-order chi connectivity index (χ1) is 8.58. The van der Waals surface area contributed by atoms with Gasteiger partial charge >= 0.3 is 5.97 Å². The predicted octanol–water partition coefficient (Wildman–Crippen LogP) is 4.48. The van der Waals surface area contributed by atoms with Gasteiger partial charge in [-0.3, -0.25) is 0 Å². The van der Waals surface area contributed by atoms with Crippen LogP contribution in [0.15, 0.2) is 45.7 Å². The van der Waals surface area contributed by atoms with Crippen molar-refractivity contribution in [2.24, 2.45) is 0 Å². The number of aromatic carboxylic acids is 1. The van der Waals surface area contributed by atoms with Gasteiger partial charge in [0.15, 0.2) is 0 Å². The molecule has 0 aliphatic rings. The minimum absolute atomic E-state index is 0.00185. The molecule has 0 amide bonds. The lowest BCUT2D eigenvalue weighted by Gasteiger charge is -2.09. The van der Waals surface area contributed by atoms with E-state index in [0.717, 1.165) is 4.90 Å². The molecular weight excluding hydrogens is 272 g/mol. The predicted molar refractivity (Wildman–Crippen MR) is 71.4 cm³/mol. The summed E-state index contributed by atoms with van der Waals surface area (Å²) in [6.45, 7) is 1.94. The third kappa shape index (κ3) is 2.89. The van der Waals surface area contributed by atoms with Gasteiger partial charge in [0.05, 0.1) is 10.3 Å². The molecule has 1 unspecified atom stereocenters. The van der Waals surface area contributed by atoms with E-state index in [2.05, 4.69) is 0 Å². The molecule has 0 fully saturated rings. The summed E-state index contributed by atoms with van der Waals surface area (Å²) in [6.07, 6.45) is 0. The standard InChI is InChI=1S/C13H11ClO3S/c1-8(10-6-7-11(17-10)13(15)16)18-12-5-3-2-4-9(12)14/h2-8H,1H3,(H,15,16). The molecule has 1 aromatic heterocycles. The summed E-state index contributed by atoms with van der Waals surface area (Å²) in [7, 11) is 0. The monoisotopic (exact) mass is 282 g/mol. The lowest BCUT2D eigenvalue weighted by molar-refractivity contribution is 0.0660. The minimum atomic E-state index is -1.06. The Morgan fingerprint density at radius 1 is 1.33 bits per heavy atom. The quantitative estimate of drug-likeness (QED) is 0.840. The SMILES string of the molecule is CC(Sc1ccccc1Cl)c1ccc(C(=O)O)o1. The van der Waals surface area contributed by atoms with Crippen LogP contribution < -0.4 is 0 Å². The average molecular weight is 283 g/mol. The fourth-order valence-electron chi connectivity index (χ4n) is 1.48. The van der Waals surface area contributed by atoms with E-state index in [9.17, 15) is 4.79 Å². The Morgan fingerprint density at radius 3 is 2.67 bits per heavy atom. The molecule has 0 aliphatic heterocycles. The number of hydrogen-bond donors (Lipinski definition) is 1. The molecule has 3 nitrogen and oxygen atoms in total. The van der Waals surface area contributed by atoms with Gasteiger partial charge in [0.2, 0.25) is 5.76 Å². The number of carbonyl (C=O) groups is 1. The number of thioether (sulfide) groups is 1. The zero-order valence-electron chi connectivity index (χ0n) is 9.59. The molecule has 0 spiro atoms. The van der Waals surface area contributed by atoms with E-state index >= 15 is 0 Å². The summed E-state index contributed by atoms with van der Waals surface area (Å²) in [5.41, 5.74) is 0. The van der Waals surface area contributed by atoms with E-state index < -0.39 is 5.97 Å². The van der Waals surface area contributed by atoms with Gasteiger partial charge < -0.3 is 9.52 Å². The van der Waals surface area contributed by atoms with E-state index in [4.69, 9.17) is 21.1 Å². The zero-order valence-corrected chi connectivity index (χ0v) is 11.2. The van der Waals surface area contributed by atoms with E-state index in [1.165, 1.54) is 17.8 Å². The van der Waals surface area contributed by atoms with Crippen LogP contribution in [0, 0.1) is 0 Å². The van der Waals surface area contributed by atoms with Crippen molar-refractivity contribution in [2.45, 2.75) is 17.1 Å². The normalized spacial score (nSPS) is 12.3. The second kappa shape index (κ2) is 5.50. The van der Waals surface area contributed by atoms with Crippen LogP contribution in [0.3, 0.4) is 0 Å². The van der Waals surface area contributed by atoms with Crippen LogP contribution in [0.5, 0.6) is 0 Å². The molecule has 0 radical (unpaired) electrons. The van der Waals surface area contributed by atoms with Gasteiger partial charge in [0.1, 0.15) is 5.76 Å². The topological polar surface area (TPSA) is 50.4 Å². The Bertz CT molecular complexity index is 565. The molecule has 18 heavy (non-hydrogen) atoms. The molecule has 94 valence electrons. The van der Waals surface area contributed by atoms with Crippen molar-refractivity contribution >= 4 is 29.3 Å². The smallest absolute Gasteiger partial charge is 0.371 e. The van der Waals surface area contributed by atoms with Crippen LogP contribution in [-0.2, 0) is 0 Å². The summed E-state index contributed by atoms with van der Waals surface area (Å²) < 4.78 is 5.26. The highest BCUT2D eigenvalue weighted by Crippen LogP contribution is 2.38. The van der Waals surface area contributed by atoms with Crippen LogP contribution in [0.2, 0.25) is 5.02 Å². The van der Waals surface area contributed by atoms with Crippen LogP contribution in [-0.4, -0.2) is 11.1 Å². The molecular formula is C13H11ClO3S. The molecule has 2 rings (SSSR count). The number of halogens is 1. The van der Waals surface area contributed by atoms with Crippen LogP contribution >= 0.6 is 23.4 Å². The number of furan rings is 1. The number of benzene rings is 1. The van der Waals surface area contributed by atoms with Gasteiger partial charge in [-0.15, -0.1) is 11.8 Å². The second-order valence-electron chi connectivity index (χ2n) is 3.70. The number of rotatable bonds is 4. The van der Waals surface area contributed by atoms with E-state index in [1.54, 1.807) is 6.07 Å². The maximum Gasteiger partial charge on any atom is 0.371 e. The number of carboxylic acid groups (broad SMARTS) is 1. The Labute approximate surface area is 114 Å². The van der Waals surface area contributed by atoms with Gasteiger partial charge in [-0.2, -0.15) is 0 Å². The maximum absolute atomic E-state index is 10.7.